The standard InChI is InChI=1S/C10H16N2O/c1-6(2)10-12-9(7(3)13-10)8-4-11-5-8/h6,8,11H,4-5H2,1-3H3. The number of hydrogen-bond acceptors (Lipinski definition) is 3. The van der Waals surface area contributed by atoms with E-state index in [1.165, 1.54) is 0 Å². The van der Waals surface area contributed by atoms with E-state index < -0.39 is 0 Å². The monoisotopic (exact) mass is 180 g/mol. The fourth-order valence-corrected chi connectivity index (χ4v) is 1.54. The van der Waals surface area contributed by atoms with Crippen LogP contribution in [-0.4, -0.2) is 18.1 Å². The second-order valence-corrected chi connectivity index (χ2v) is 4.00. The van der Waals surface area contributed by atoms with Gasteiger partial charge in [-0.15, -0.1) is 0 Å². The first kappa shape index (κ1) is 8.75. The predicted molar refractivity (Wildman–Crippen MR) is 50.9 cm³/mol. The van der Waals surface area contributed by atoms with E-state index in [0.29, 0.717) is 11.8 Å². The van der Waals surface area contributed by atoms with Gasteiger partial charge >= 0.3 is 0 Å². The quantitative estimate of drug-likeness (QED) is 0.754. The second kappa shape index (κ2) is 3.14. The maximum atomic E-state index is 5.59. The summed E-state index contributed by atoms with van der Waals surface area (Å²) >= 11 is 0. The Balaban J connectivity index is 2.24. The molecule has 0 aromatic carbocycles. The number of aromatic nitrogens is 1. The first-order valence-electron chi connectivity index (χ1n) is 4.86. The van der Waals surface area contributed by atoms with Crippen LogP contribution in [0.15, 0.2) is 4.42 Å². The van der Waals surface area contributed by atoms with Crippen LogP contribution in [0.25, 0.3) is 0 Å². The van der Waals surface area contributed by atoms with Crippen LogP contribution in [-0.2, 0) is 0 Å². The highest BCUT2D eigenvalue weighted by atomic mass is 16.4. The molecule has 2 heterocycles. The fraction of sp³-hybridized carbons (Fsp3) is 0.700. The molecule has 0 bridgehead atoms. The topological polar surface area (TPSA) is 38.1 Å². The second-order valence-electron chi connectivity index (χ2n) is 4.00. The minimum Gasteiger partial charge on any atom is -0.445 e. The molecule has 1 aromatic rings. The smallest absolute Gasteiger partial charge is 0.197 e. The number of nitrogens with zero attached hydrogens (tertiary/aromatic N) is 1. The molecule has 2 rings (SSSR count). The van der Waals surface area contributed by atoms with E-state index in [4.69, 9.17) is 4.42 Å². The molecule has 1 aromatic heterocycles. The molecule has 3 heteroatoms. The first-order valence-corrected chi connectivity index (χ1v) is 4.86. The zero-order valence-electron chi connectivity index (χ0n) is 8.42. The summed E-state index contributed by atoms with van der Waals surface area (Å²) in [4.78, 5) is 4.52. The lowest BCUT2D eigenvalue weighted by Crippen LogP contribution is -2.40. The lowest BCUT2D eigenvalue weighted by molar-refractivity contribution is 0.427. The number of oxazole rings is 1. The maximum Gasteiger partial charge on any atom is 0.197 e. The highest BCUT2D eigenvalue weighted by Crippen LogP contribution is 2.25. The van der Waals surface area contributed by atoms with Crippen molar-refractivity contribution in [2.24, 2.45) is 0 Å². The number of aryl methyl sites for hydroxylation is 1. The summed E-state index contributed by atoms with van der Waals surface area (Å²) in [5.41, 5.74) is 1.16. The van der Waals surface area contributed by atoms with Crippen molar-refractivity contribution in [2.75, 3.05) is 13.1 Å². The lowest BCUT2D eigenvalue weighted by Gasteiger charge is -2.25. The molecule has 1 saturated heterocycles. The van der Waals surface area contributed by atoms with E-state index in [-0.39, 0.29) is 0 Å². The van der Waals surface area contributed by atoms with Crippen molar-refractivity contribution in [3.8, 4) is 0 Å². The largest absolute Gasteiger partial charge is 0.445 e. The highest BCUT2D eigenvalue weighted by Gasteiger charge is 2.25. The van der Waals surface area contributed by atoms with Gasteiger partial charge in [0.2, 0.25) is 0 Å². The average Bonchev–Trinajstić information content (AvgIpc) is 2.29. The van der Waals surface area contributed by atoms with Gasteiger partial charge in [0.25, 0.3) is 0 Å². The van der Waals surface area contributed by atoms with E-state index in [1.54, 1.807) is 0 Å². The molecular formula is C10H16N2O. The van der Waals surface area contributed by atoms with E-state index in [0.717, 1.165) is 30.4 Å². The lowest BCUT2D eigenvalue weighted by atomic mass is 9.98. The molecule has 0 amide bonds. The van der Waals surface area contributed by atoms with Gasteiger partial charge in [0, 0.05) is 24.9 Å². The molecule has 0 saturated carbocycles. The number of rotatable bonds is 2. The van der Waals surface area contributed by atoms with Gasteiger partial charge < -0.3 is 9.73 Å². The molecule has 0 unspecified atom stereocenters. The molecule has 0 spiro atoms. The zero-order valence-corrected chi connectivity index (χ0v) is 8.42. The summed E-state index contributed by atoms with van der Waals surface area (Å²) in [7, 11) is 0. The number of hydrogen-bond donors (Lipinski definition) is 1. The Morgan fingerprint density at radius 1 is 1.46 bits per heavy atom. The molecule has 3 nitrogen and oxygen atoms in total. The van der Waals surface area contributed by atoms with Gasteiger partial charge in [-0.25, -0.2) is 4.98 Å². The molecule has 0 atom stereocenters. The molecule has 0 aliphatic carbocycles. The van der Waals surface area contributed by atoms with Crippen molar-refractivity contribution >= 4 is 0 Å². The van der Waals surface area contributed by atoms with Crippen molar-refractivity contribution in [2.45, 2.75) is 32.6 Å². The minimum absolute atomic E-state index is 0.389. The zero-order chi connectivity index (χ0) is 9.42. The Bertz CT molecular complexity index is 300. The van der Waals surface area contributed by atoms with Crippen molar-refractivity contribution in [3.05, 3.63) is 17.3 Å². The molecule has 0 radical (unpaired) electrons. The molecule has 1 N–H and O–H groups in total. The van der Waals surface area contributed by atoms with E-state index in [1.807, 2.05) is 6.92 Å². The van der Waals surface area contributed by atoms with Crippen LogP contribution in [0.4, 0.5) is 0 Å². The van der Waals surface area contributed by atoms with Crippen molar-refractivity contribution in [1.82, 2.24) is 10.3 Å². The van der Waals surface area contributed by atoms with Gasteiger partial charge in [0.1, 0.15) is 5.76 Å². The summed E-state index contributed by atoms with van der Waals surface area (Å²) in [6, 6.07) is 0. The van der Waals surface area contributed by atoms with Gasteiger partial charge in [-0.3, -0.25) is 0 Å². The molecule has 1 fully saturated rings. The summed E-state index contributed by atoms with van der Waals surface area (Å²) in [6.45, 7) is 8.31. The molecule has 13 heavy (non-hydrogen) atoms. The summed E-state index contributed by atoms with van der Waals surface area (Å²) in [5.74, 6) is 2.84. The van der Waals surface area contributed by atoms with Crippen molar-refractivity contribution in [1.29, 1.82) is 0 Å². The minimum atomic E-state index is 0.389. The third-order valence-corrected chi connectivity index (χ3v) is 2.51. The Labute approximate surface area is 78.5 Å². The molecular weight excluding hydrogens is 164 g/mol. The Kier molecular flexibility index (Phi) is 2.12. The molecule has 1 aliphatic heterocycles. The van der Waals surface area contributed by atoms with Crippen LogP contribution >= 0.6 is 0 Å². The Hall–Kier alpha value is -0.830. The van der Waals surface area contributed by atoms with Crippen LogP contribution in [0, 0.1) is 6.92 Å². The van der Waals surface area contributed by atoms with Gasteiger partial charge in [-0.2, -0.15) is 0 Å². The SMILES string of the molecule is Cc1oc(C(C)C)nc1C1CNC1. The third kappa shape index (κ3) is 1.48. The average molecular weight is 180 g/mol. The van der Waals surface area contributed by atoms with Crippen LogP contribution in [0.2, 0.25) is 0 Å². The Morgan fingerprint density at radius 2 is 2.15 bits per heavy atom. The van der Waals surface area contributed by atoms with Gasteiger partial charge in [0.15, 0.2) is 5.89 Å². The predicted octanol–water partition coefficient (Wildman–Crippen LogP) is 1.79. The van der Waals surface area contributed by atoms with Crippen LogP contribution in [0.5, 0.6) is 0 Å². The highest BCUT2D eigenvalue weighted by molar-refractivity contribution is 5.18. The Morgan fingerprint density at radius 3 is 2.54 bits per heavy atom. The first-order chi connectivity index (χ1) is 6.18. The summed E-state index contributed by atoms with van der Waals surface area (Å²) in [5, 5.41) is 3.24. The van der Waals surface area contributed by atoms with E-state index in [9.17, 15) is 0 Å². The van der Waals surface area contributed by atoms with Crippen LogP contribution in [0.3, 0.4) is 0 Å². The molecule has 72 valence electrons. The van der Waals surface area contributed by atoms with Crippen LogP contribution < -0.4 is 5.32 Å². The summed E-state index contributed by atoms with van der Waals surface area (Å²) < 4.78 is 5.59. The van der Waals surface area contributed by atoms with Crippen LogP contribution in [0.1, 0.15) is 43.0 Å². The van der Waals surface area contributed by atoms with E-state index >= 15 is 0 Å². The van der Waals surface area contributed by atoms with Gasteiger partial charge in [-0.05, 0) is 6.92 Å². The maximum absolute atomic E-state index is 5.59. The van der Waals surface area contributed by atoms with Gasteiger partial charge in [-0.1, -0.05) is 13.8 Å². The third-order valence-electron chi connectivity index (χ3n) is 2.51. The normalized spacial score (nSPS) is 17.8. The van der Waals surface area contributed by atoms with Gasteiger partial charge in [0.05, 0.1) is 5.69 Å². The summed E-state index contributed by atoms with van der Waals surface area (Å²) in [6.07, 6.45) is 0. The number of nitrogens with one attached hydrogen (secondary N) is 1. The van der Waals surface area contributed by atoms with E-state index in [2.05, 4.69) is 24.1 Å². The van der Waals surface area contributed by atoms with Crippen molar-refractivity contribution < 1.29 is 4.42 Å². The fourth-order valence-electron chi connectivity index (χ4n) is 1.54. The van der Waals surface area contributed by atoms with Crippen molar-refractivity contribution in [3.63, 3.8) is 0 Å². The molecule has 1 aliphatic rings.